The van der Waals surface area contributed by atoms with Gasteiger partial charge in [0.25, 0.3) is 0 Å². The van der Waals surface area contributed by atoms with Crippen molar-refractivity contribution in [3.8, 4) is 0 Å². The summed E-state index contributed by atoms with van der Waals surface area (Å²) in [4.78, 5) is 0. The van der Waals surface area contributed by atoms with Gasteiger partial charge in [-0.15, -0.1) is 0 Å². The van der Waals surface area contributed by atoms with E-state index >= 15 is 0 Å². The van der Waals surface area contributed by atoms with Gasteiger partial charge in [-0.25, -0.2) is 0 Å². The van der Waals surface area contributed by atoms with Crippen LogP contribution in [0.3, 0.4) is 0 Å². The van der Waals surface area contributed by atoms with E-state index in [9.17, 15) is 0 Å². The maximum atomic E-state index is 6.03. The smallest absolute Gasteiger partial charge is 0.0701 e. The van der Waals surface area contributed by atoms with Gasteiger partial charge in [0.2, 0.25) is 0 Å². The first-order valence-electron chi connectivity index (χ1n) is 5.75. The highest BCUT2D eigenvalue weighted by Gasteiger charge is 2.21. The van der Waals surface area contributed by atoms with E-state index in [1.54, 1.807) is 0 Å². The largest absolute Gasteiger partial charge is 0.379 e. The molecule has 0 aromatic heterocycles. The first kappa shape index (κ1) is 12.0. The Balaban J connectivity index is 1.94. The lowest BCUT2D eigenvalue weighted by Gasteiger charge is -2.18. The van der Waals surface area contributed by atoms with Crippen LogP contribution in [0, 0.1) is 5.92 Å². The van der Waals surface area contributed by atoms with Crippen LogP contribution in [0.15, 0.2) is 0 Å². The standard InChI is InChI=1S/C11H23NO2/c1-2-13-7-8-14-9-11(12)10-5-3-4-6-10/h10-11H,2-9,12H2,1H3. The Bertz CT molecular complexity index is 135. The highest BCUT2D eigenvalue weighted by atomic mass is 16.5. The molecule has 0 aliphatic heterocycles. The SMILES string of the molecule is CCOCCOCC(N)C1CCCC1. The predicted octanol–water partition coefficient (Wildman–Crippen LogP) is 1.56. The van der Waals surface area contributed by atoms with Crippen molar-refractivity contribution in [2.75, 3.05) is 26.4 Å². The lowest BCUT2D eigenvalue weighted by Crippen LogP contribution is -2.33. The van der Waals surface area contributed by atoms with Gasteiger partial charge in [0, 0.05) is 12.6 Å². The summed E-state index contributed by atoms with van der Waals surface area (Å²) in [6.07, 6.45) is 5.26. The summed E-state index contributed by atoms with van der Waals surface area (Å²) in [5.74, 6) is 0.696. The molecule has 0 radical (unpaired) electrons. The second-order valence-electron chi connectivity index (χ2n) is 3.98. The fourth-order valence-corrected chi connectivity index (χ4v) is 2.00. The molecule has 1 aliphatic rings. The van der Waals surface area contributed by atoms with E-state index < -0.39 is 0 Å². The van der Waals surface area contributed by atoms with Gasteiger partial charge in [-0.3, -0.25) is 0 Å². The lowest BCUT2D eigenvalue weighted by molar-refractivity contribution is 0.0415. The van der Waals surface area contributed by atoms with Crippen molar-refractivity contribution in [2.24, 2.45) is 11.7 Å². The summed E-state index contributed by atoms with van der Waals surface area (Å²) in [5, 5.41) is 0. The van der Waals surface area contributed by atoms with Crippen molar-refractivity contribution in [1.82, 2.24) is 0 Å². The van der Waals surface area contributed by atoms with E-state index in [0.717, 1.165) is 6.61 Å². The molecule has 0 saturated heterocycles. The minimum Gasteiger partial charge on any atom is -0.379 e. The van der Waals surface area contributed by atoms with Gasteiger partial charge in [-0.2, -0.15) is 0 Å². The third-order valence-electron chi connectivity index (χ3n) is 2.89. The Morgan fingerprint density at radius 3 is 2.50 bits per heavy atom. The minimum atomic E-state index is 0.235. The second-order valence-corrected chi connectivity index (χ2v) is 3.98. The average molecular weight is 201 g/mol. The van der Waals surface area contributed by atoms with E-state index in [4.69, 9.17) is 15.2 Å². The van der Waals surface area contributed by atoms with Crippen molar-refractivity contribution in [3.05, 3.63) is 0 Å². The number of hydrogen-bond acceptors (Lipinski definition) is 3. The number of ether oxygens (including phenoxy) is 2. The van der Waals surface area contributed by atoms with E-state index in [-0.39, 0.29) is 6.04 Å². The van der Waals surface area contributed by atoms with Gasteiger partial charge in [0.15, 0.2) is 0 Å². The molecule has 1 aliphatic carbocycles. The molecule has 0 heterocycles. The summed E-state index contributed by atoms with van der Waals surface area (Å²) in [7, 11) is 0. The Kier molecular flexibility index (Phi) is 6.15. The van der Waals surface area contributed by atoms with Gasteiger partial charge in [0.1, 0.15) is 0 Å². The molecule has 0 aromatic rings. The van der Waals surface area contributed by atoms with Crippen LogP contribution in [-0.4, -0.2) is 32.5 Å². The number of hydrogen-bond donors (Lipinski definition) is 1. The summed E-state index contributed by atoms with van der Waals surface area (Å²) < 4.78 is 10.6. The molecule has 1 atom stereocenters. The molecule has 0 amide bonds. The van der Waals surface area contributed by atoms with Crippen molar-refractivity contribution in [1.29, 1.82) is 0 Å². The molecule has 1 rings (SSSR count). The quantitative estimate of drug-likeness (QED) is 0.636. The van der Waals surface area contributed by atoms with E-state index in [1.165, 1.54) is 25.7 Å². The van der Waals surface area contributed by atoms with Gasteiger partial charge >= 0.3 is 0 Å². The molecule has 3 heteroatoms. The normalized spacial score (nSPS) is 20.1. The first-order valence-corrected chi connectivity index (χ1v) is 5.75. The Labute approximate surface area is 86.9 Å². The van der Waals surface area contributed by atoms with Crippen LogP contribution in [0.4, 0.5) is 0 Å². The molecule has 84 valence electrons. The van der Waals surface area contributed by atoms with E-state index in [0.29, 0.717) is 25.7 Å². The van der Waals surface area contributed by atoms with E-state index in [2.05, 4.69) is 0 Å². The molecule has 3 nitrogen and oxygen atoms in total. The minimum absolute atomic E-state index is 0.235. The second kappa shape index (κ2) is 7.21. The van der Waals surface area contributed by atoms with Crippen molar-refractivity contribution in [2.45, 2.75) is 38.6 Å². The van der Waals surface area contributed by atoms with Crippen LogP contribution < -0.4 is 5.73 Å². The zero-order valence-corrected chi connectivity index (χ0v) is 9.21. The third kappa shape index (κ3) is 4.40. The summed E-state index contributed by atoms with van der Waals surface area (Å²) >= 11 is 0. The van der Waals surface area contributed by atoms with Crippen LogP contribution in [0.2, 0.25) is 0 Å². The summed E-state index contributed by atoms with van der Waals surface area (Å²) in [6.45, 7) is 4.81. The molecular weight excluding hydrogens is 178 g/mol. The van der Waals surface area contributed by atoms with Crippen molar-refractivity contribution < 1.29 is 9.47 Å². The van der Waals surface area contributed by atoms with Gasteiger partial charge in [0.05, 0.1) is 19.8 Å². The molecular formula is C11H23NO2. The Morgan fingerprint density at radius 2 is 1.86 bits per heavy atom. The molecule has 1 saturated carbocycles. The highest BCUT2D eigenvalue weighted by molar-refractivity contribution is 4.77. The predicted molar refractivity (Wildman–Crippen MR) is 57.2 cm³/mol. The van der Waals surface area contributed by atoms with Crippen molar-refractivity contribution >= 4 is 0 Å². The van der Waals surface area contributed by atoms with Gasteiger partial charge in [-0.05, 0) is 25.7 Å². The summed E-state index contributed by atoms with van der Waals surface area (Å²) in [6, 6.07) is 0.235. The first-order chi connectivity index (χ1) is 6.84. The number of rotatable bonds is 7. The fourth-order valence-electron chi connectivity index (χ4n) is 2.00. The maximum Gasteiger partial charge on any atom is 0.0701 e. The number of nitrogens with two attached hydrogens (primary N) is 1. The van der Waals surface area contributed by atoms with Crippen LogP contribution in [0.5, 0.6) is 0 Å². The van der Waals surface area contributed by atoms with Crippen LogP contribution in [-0.2, 0) is 9.47 Å². The third-order valence-corrected chi connectivity index (χ3v) is 2.89. The van der Waals surface area contributed by atoms with E-state index in [1.807, 2.05) is 6.92 Å². The van der Waals surface area contributed by atoms with Gasteiger partial charge < -0.3 is 15.2 Å². The monoisotopic (exact) mass is 201 g/mol. The molecule has 2 N–H and O–H groups in total. The molecule has 1 unspecified atom stereocenters. The maximum absolute atomic E-state index is 6.03. The molecule has 1 fully saturated rings. The Morgan fingerprint density at radius 1 is 1.21 bits per heavy atom. The molecule has 14 heavy (non-hydrogen) atoms. The zero-order valence-electron chi connectivity index (χ0n) is 9.21. The Hall–Kier alpha value is -0.120. The topological polar surface area (TPSA) is 44.5 Å². The fraction of sp³-hybridized carbons (Fsp3) is 1.00. The average Bonchev–Trinajstić information content (AvgIpc) is 2.70. The van der Waals surface area contributed by atoms with Crippen LogP contribution in [0.25, 0.3) is 0 Å². The van der Waals surface area contributed by atoms with Gasteiger partial charge in [-0.1, -0.05) is 12.8 Å². The summed E-state index contributed by atoms with van der Waals surface area (Å²) in [5.41, 5.74) is 6.03. The molecule has 0 spiro atoms. The molecule has 0 bridgehead atoms. The van der Waals surface area contributed by atoms with Crippen LogP contribution >= 0.6 is 0 Å². The molecule has 0 aromatic carbocycles. The lowest BCUT2D eigenvalue weighted by atomic mass is 10.00. The highest BCUT2D eigenvalue weighted by Crippen LogP contribution is 2.26. The zero-order chi connectivity index (χ0) is 10.2. The van der Waals surface area contributed by atoms with Crippen molar-refractivity contribution in [3.63, 3.8) is 0 Å². The van der Waals surface area contributed by atoms with Crippen LogP contribution in [0.1, 0.15) is 32.6 Å².